The second kappa shape index (κ2) is 7.20. The Labute approximate surface area is 149 Å². The average molecular weight is 361 g/mol. The van der Waals surface area contributed by atoms with Crippen molar-refractivity contribution in [1.29, 1.82) is 0 Å². The smallest absolute Gasteiger partial charge is 0.263 e. The molecule has 2 aromatic carbocycles. The molecule has 124 valence electrons. The maximum atomic E-state index is 12.5. The molecule has 1 atom stereocenters. The number of thiazole rings is 1. The number of fused-ring (bicyclic) bond motifs is 1. The topological polar surface area (TPSA) is 42.4 Å². The summed E-state index contributed by atoms with van der Waals surface area (Å²) in [5.41, 5.74) is 0.962. The van der Waals surface area contributed by atoms with Crippen molar-refractivity contribution in [2.24, 2.45) is 0 Å². The number of hydrogen-bond acceptors (Lipinski definition) is 4. The molecule has 24 heavy (non-hydrogen) atoms. The van der Waals surface area contributed by atoms with E-state index >= 15 is 0 Å². The van der Waals surface area contributed by atoms with Crippen LogP contribution in [-0.2, 0) is 11.3 Å². The van der Waals surface area contributed by atoms with Crippen LogP contribution in [0.5, 0.6) is 5.75 Å². The number of carbonyl (C=O) groups excluding carboxylic acids is 1. The van der Waals surface area contributed by atoms with E-state index in [0.29, 0.717) is 17.3 Å². The number of nitrogens with zero attached hydrogens (tertiary/aromatic N) is 2. The summed E-state index contributed by atoms with van der Waals surface area (Å²) in [5, 5.41) is 1.54. The lowest BCUT2D eigenvalue weighted by Crippen LogP contribution is -2.37. The molecule has 0 aliphatic heterocycles. The van der Waals surface area contributed by atoms with Gasteiger partial charge < -0.3 is 9.64 Å². The second-order valence-corrected chi connectivity index (χ2v) is 7.04. The fourth-order valence-corrected chi connectivity index (χ4v) is 3.49. The van der Waals surface area contributed by atoms with Crippen LogP contribution < -0.4 is 4.74 Å². The number of carbonyl (C=O) groups is 1. The SMILES string of the molecule is CC(Oc1ccc(Cl)cc1)C(=O)N(C)Cc1nc2ccccc2s1. The number of aromatic nitrogens is 1. The van der Waals surface area contributed by atoms with E-state index in [9.17, 15) is 4.79 Å². The lowest BCUT2D eigenvalue weighted by Gasteiger charge is -2.21. The van der Waals surface area contributed by atoms with Gasteiger partial charge in [-0.1, -0.05) is 23.7 Å². The van der Waals surface area contributed by atoms with Gasteiger partial charge in [0.1, 0.15) is 10.8 Å². The Bertz CT molecular complexity index is 815. The third-order valence-electron chi connectivity index (χ3n) is 3.56. The van der Waals surface area contributed by atoms with Gasteiger partial charge in [-0.2, -0.15) is 0 Å². The van der Waals surface area contributed by atoms with E-state index in [1.165, 1.54) is 0 Å². The van der Waals surface area contributed by atoms with Gasteiger partial charge in [0.05, 0.1) is 16.8 Å². The zero-order chi connectivity index (χ0) is 17.1. The summed E-state index contributed by atoms with van der Waals surface area (Å²) in [4.78, 5) is 18.7. The Balaban J connectivity index is 1.63. The van der Waals surface area contributed by atoms with Crippen LogP contribution in [-0.4, -0.2) is 28.9 Å². The number of ether oxygens (including phenoxy) is 1. The number of halogens is 1. The van der Waals surface area contributed by atoms with Crippen LogP contribution in [0, 0.1) is 0 Å². The van der Waals surface area contributed by atoms with Crippen LogP contribution in [0.25, 0.3) is 10.2 Å². The molecule has 0 saturated carbocycles. The molecule has 4 nitrogen and oxygen atoms in total. The number of benzene rings is 2. The van der Waals surface area contributed by atoms with Gasteiger partial charge in [0.15, 0.2) is 6.10 Å². The predicted molar refractivity (Wildman–Crippen MR) is 97.6 cm³/mol. The predicted octanol–water partition coefficient (Wildman–Crippen LogP) is 4.38. The fraction of sp³-hybridized carbons (Fsp3) is 0.222. The quantitative estimate of drug-likeness (QED) is 0.678. The molecule has 0 saturated heterocycles. The molecule has 0 bridgehead atoms. The normalized spacial score (nSPS) is 12.1. The van der Waals surface area contributed by atoms with Gasteiger partial charge in [0, 0.05) is 12.1 Å². The number of amides is 1. The van der Waals surface area contributed by atoms with Gasteiger partial charge in [-0.05, 0) is 43.3 Å². The monoisotopic (exact) mass is 360 g/mol. The summed E-state index contributed by atoms with van der Waals surface area (Å²) in [6, 6.07) is 14.9. The van der Waals surface area contributed by atoms with Crippen LogP contribution in [0.1, 0.15) is 11.9 Å². The van der Waals surface area contributed by atoms with Crippen molar-refractivity contribution in [1.82, 2.24) is 9.88 Å². The molecule has 6 heteroatoms. The highest BCUT2D eigenvalue weighted by atomic mass is 35.5. The molecular formula is C18H17ClN2O2S. The molecule has 1 amide bonds. The van der Waals surface area contributed by atoms with Crippen molar-refractivity contribution in [2.75, 3.05) is 7.05 Å². The molecule has 0 N–H and O–H groups in total. The van der Waals surface area contributed by atoms with Gasteiger partial charge in [0.25, 0.3) is 5.91 Å². The van der Waals surface area contributed by atoms with Crippen LogP contribution >= 0.6 is 22.9 Å². The van der Waals surface area contributed by atoms with Gasteiger partial charge in [0.2, 0.25) is 0 Å². The first-order chi connectivity index (χ1) is 11.5. The van der Waals surface area contributed by atoms with Crippen molar-refractivity contribution < 1.29 is 9.53 Å². The van der Waals surface area contributed by atoms with Gasteiger partial charge in [-0.25, -0.2) is 4.98 Å². The second-order valence-electron chi connectivity index (χ2n) is 5.48. The molecule has 0 spiro atoms. The Morgan fingerprint density at radius 2 is 1.96 bits per heavy atom. The number of rotatable bonds is 5. The van der Waals surface area contributed by atoms with Crippen molar-refractivity contribution in [3.05, 3.63) is 58.6 Å². The Morgan fingerprint density at radius 3 is 2.67 bits per heavy atom. The minimum absolute atomic E-state index is 0.0933. The fourth-order valence-electron chi connectivity index (χ4n) is 2.35. The molecule has 1 aromatic heterocycles. The highest BCUT2D eigenvalue weighted by molar-refractivity contribution is 7.18. The maximum Gasteiger partial charge on any atom is 0.263 e. The van der Waals surface area contributed by atoms with Crippen LogP contribution in [0.15, 0.2) is 48.5 Å². The van der Waals surface area contributed by atoms with E-state index in [2.05, 4.69) is 4.98 Å². The van der Waals surface area contributed by atoms with Gasteiger partial charge >= 0.3 is 0 Å². The molecule has 3 rings (SSSR count). The standard InChI is InChI=1S/C18H17ClN2O2S/c1-12(23-14-9-7-13(19)8-10-14)18(22)21(2)11-17-20-15-5-3-4-6-16(15)24-17/h3-10,12H,11H2,1-2H3. The van der Waals surface area contributed by atoms with Gasteiger partial charge in [-0.3, -0.25) is 4.79 Å². The summed E-state index contributed by atoms with van der Waals surface area (Å²) in [6.45, 7) is 2.21. The Morgan fingerprint density at radius 1 is 1.25 bits per heavy atom. The molecule has 1 unspecified atom stereocenters. The molecular weight excluding hydrogens is 344 g/mol. The molecule has 0 aliphatic carbocycles. The Kier molecular flexibility index (Phi) is 5.02. The van der Waals surface area contributed by atoms with E-state index in [-0.39, 0.29) is 5.91 Å². The van der Waals surface area contributed by atoms with E-state index in [0.717, 1.165) is 15.2 Å². The maximum absolute atomic E-state index is 12.5. The van der Waals surface area contributed by atoms with Crippen molar-refractivity contribution >= 4 is 39.1 Å². The third-order valence-corrected chi connectivity index (χ3v) is 4.83. The first kappa shape index (κ1) is 16.7. The number of likely N-dealkylation sites (N-methyl/N-ethyl adjacent to an activating group) is 1. The molecule has 1 heterocycles. The van der Waals surface area contributed by atoms with E-state index in [1.54, 1.807) is 54.5 Å². The summed E-state index contributed by atoms with van der Waals surface area (Å²) >= 11 is 7.45. The summed E-state index contributed by atoms with van der Waals surface area (Å²) in [6.07, 6.45) is -0.578. The minimum Gasteiger partial charge on any atom is -0.481 e. The number of hydrogen-bond donors (Lipinski definition) is 0. The lowest BCUT2D eigenvalue weighted by atomic mass is 10.3. The van der Waals surface area contributed by atoms with Gasteiger partial charge in [-0.15, -0.1) is 11.3 Å². The highest BCUT2D eigenvalue weighted by Crippen LogP contribution is 2.23. The van der Waals surface area contributed by atoms with Crippen molar-refractivity contribution in [3.8, 4) is 5.75 Å². The highest BCUT2D eigenvalue weighted by Gasteiger charge is 2.20. The van der Waals surface area contributed by atoms with E-state index < -0.39 is 6.10 Å². The summed E-state index contributed by atoms with van der Waals surface area (Å²) in [5.74, 6) is 0.526. The number of para-hydroxylation sites is 1. The molecule has 0 aliphatic rings. The summed E-state index contributed by atoms with van der Waals surface area (Å²) < 4.78 is 6.81. The lowest BCUT2D eigenvalue weighted by molar-refractivity contribution is -0.137. The van der Waals surface area contributed by atoms with Crippen molar-refractivity contribution in [3.63, 3.8) is 0 Å². The van der Waals surface area contributed by atoms with Crippen LogP contribution in [0.3, 0.4) is 0 Å². The van der Waals surface area contributed by atoms with E-state index in [4.69, 9.17) is 16.3 Å². The molecule has 3 aromatic rings. The Hall–Kier alpha value is -2.11. The summed E-state index contributed by atoms with van der Waals surface area (Å²) in [7, 11) is 1.76. The minimum atomic E-state index is -0.578. The first-order valence-electron chi connectivity index (χ1n) is 7.54. The van der Waals surface area contributed by atoms with E-state index in [1.807, 2.05) is 24.3 Å². The molecule has 0 fully saturated rings. The van der Waals surface area contributed by atoms with Crippen molar-refractivity contribution in [2.45, 2.75) is 19.6 Å². The third kappa shape index (κ3) is 3.86. The zero-order valence-electron chi connectivity index (χ0n) is 13.4. The van der Waals surface area contributed by atoms with Crippen LogP contribution in [0.4, 0.5) is 0 Å². The average Bonchev–Trinajstić information content (AvgIpc) is 2.98. The first-order valence-corrected chi connectivity index (χ1v) is 8.74. The van der Waals surface area contributed by atoms with Crippen LogP contribution in [0.2, 0.25) is 5.02 Å². The largest absolute Gasteiger partial charge is 0.481 e. The molecule has 0 radical (unpaired) electrons. The zero-order valence-corrected chi connectivity index (χ0v) is 15.0.